The first-order chi connectivity index (χ1) is 11.0. The number of allylic oxidation sites excluding steroid dienone is 1. The Balaban J connectivity index is 3.55. The van der Waals surface area contributed by atoms with Gasteiger partial charge in [-0.3, -0.25) is 0 Å². The Morgan fingerprint density at radius 1 is 1.08 bits per heavy atom. The van der Waals surface area contributed by atoms with Crippen molar-refractivity contribution in [1.82, 2.24) is 0 Å². The van der Waals surface area contributed by atoms with Crippen LogP contribution in [0.2, 0.25) is 0 Å². The highest BCUT2D eigenvalue weighted by atomic mass is 17.1. The van der Waals surface area contributed by atoms with E-state index in [1.807, 2.05) is 24.3 Å². The number of hydrogen-bond donors (Lipinski definition) is 1. The Labute approximate surface area is 146 Å². The Bertz CT molecular complexity index is 558. The van der Waals surface area contributed by atoms with Crippen LogP contribution < -0.4 is 4.74 Å². The third-order valence-electron chi connectivity index (χ3n) is 3.95. The highest BCUT2D eigenvalue weighted by Crippen LogP contribution is 2.45. The van der Waals surface area contributed by atoms with Crippen LogP contribution in [0, 0.1) is 10.8 Å². The Hall–Kier alpha value is -1.36. The summed E-state index contributed by atoms with van der Waals surface area (Å²) in [7, 11) is 3.14. The highest BCUT2D eigenvalue weighted by Gasteiger charge is 2.44. The van der Waals surface area contributed by atoms with Crippen molar-refractivity contribution in [2.75, 3.05) is 14.2 Å². The van der Waals surface area contributed by atoms with Gasteiger partial charge in [0.1, 0.15) is 5.75 Å². The normalized spacial score (nSPS) is 16.0. The second-order valence-corrected chi connectivity index (χ2v) is 8.28. The minimum atomic E-state index is -1.38. The van der Waals surface area contributed by atoms with E-state index in [1.54, 1.807) is 7.11 Å². The lowest BCUT2D eigenvalue weighted by atomic mass is 9.76. The van der Waals surface area contributed by atoms with Crippen molar-refractivity contribution in [2.45, 2.75) is 53.8 Å². The summed E-state index contributed by atoms with van der Waals surface area (Å²) in [5.41, 5.74) is 1.39. The van der Waals surface area contributed by atoms with Crippen LogP contribution in [0.1, 0.15) is 53.5 Å². The average molecular weight is 336 g/mol. The Morgan fingerprint density at radius 2 is 1.71 bits per heavy atom. The van der Waals surface area contributed by atoms with Crippen molar-refractivity contribution in [1.29, 1.82) is 0 Å². The number of methoxy groups -OCH3 is 2. The molecule has 0 aromatic heterocycles. The van der Waals surface area contributed by atoms with Gasteiger partial charge in [0.05, 0.1) is 7.11 Å². The molecule has 1 unspecified atom stereocenters. The van der Waals surface area contributed by atoms with Crippen molar-refractivity contribution in [3.63, 3.8) is 0 Å². The van der Waals surface area contributed by atoms with Crippen molar-refractivity contribution in [3.8, 4) is 5.75 Å². The van der Waals surface area contributed by atoms with E-state index in [4.69, 9.17) is 14.4 Å². The van der Waals surface area contributed by atoms with Gasteiger partial charge in [0.25, 0.3) is 0 Å². The molecule has 0 saturated carbocycles. The maximum atomic E-state index is 9.85. The number of ether oxygens (including phenoxy) is 2. The third kappa shape index (κ3) is 4.82. The molecule has 1 atom stereocenters. The molecule has 0 heterocycles. The quantitative estimate of drug-likeness (QED) is 0.327. The van der Waals surface area contributed by atoms with Crippen LogP contribution in [0.4, 0.5) is 0 Å². The summed E-state index contributed by atoms with van der Waals surface area (Å²) in [6.07, 6.45) is 2.94. The van der Waals surface area contributed by atoms with E-state index in [1.165, 1.54) is 7.11 Å². The van der Waals surface area contributed by atoms with Crippen molar-refractivity contribution in [3.05, 3.63) is 41.5 Å². The lowest BCUT2D eigenvalue weighted by Crippen LogP contribution is -2.39. The van der Waals surface area contributed by atoms with Gasteiger partial charge in [-0.25, -0.2) is 5.26 Å². The predicted molar refractivity (Wildman–Crippen MR) is 97.0 cm³/mol. The average Bonchev–Trinajstić information content (AvgIpc) is 2.49. The summed E-state index contributed by atoms with van der Waals surface area (Å²) in [6, 6.07) is 7.37. The molecule has 4 nitrogen and oxygen atoms in total. The van der Waals surface area contributed by atoms with E-state index in [2.05, 4.69) is 47.6 Å². The summed E-state index contributed by atoms with van der Waals surface area (Å²) in [6.45, 7) is 12.7. The van der Waals surface area contributed by atoms with Gasteiger partial charge in [0.2, 0.25) is 5.79 Å². The molecule has 0 radical (unpaired) electrons. The van der Waals surface area contributed by atoms with E-state index < -0.39 is 5.79 Å². The fourth-order valence-corrected chi connectivity index (χ4v) is 2.69. The summed E-state index contributed by atoms with van der Waals surface area (Å²) >= 11 is 0. The molecule has 0 saturated heterocycles. The van der Waals surface area contributed by atoms with Crippen molar-refractivity contribution < 1.29 is 19.6 Å². The molecule has 1 N–H and O–H groups in total. The van der Waals surface area contributed by atoms with Gasteiger partial charge in [0.15, 0.2) is 0 Å². The summed E-state index contributed by atoms with van der Waals surface area (Å²) < 4.78 is 11.0. The SMILES string of the molecule is COc1cccc(C(OC)(OO)/C(=C\CC(C)(C)C)C(C)(C)C)c1. The van der Waals surface area contributed by atoms with Crippen LogP contribution in [0.3, 0.4) is 0 Å². The van der Waals surface area contributed by atoms with E-state index in [0.29, 0.717) is 11.3 Å². The fraction of sp³-hybridized carbons (Fsp3) is 0.600. The summed E-state index contributed by atoms with van der Waals surface area (Å²) in [5.74, 6) is -0.701. The van der Waals surface area contributed by atoms with E-state index in [0.717, 1.165) is 12.0 Å². The lowest BCUT2D eigenvalue weighted by molar-refractivity contribution is -0.394. The second-order valence-electron chi connectivity index (χ2n) is 8.28. The smallest absolute Gasteiger partial charge is 0.250 e. The monoisotopic (exact) mass is 336 g/mol. The van der Waals surface area contributed by atoms with E-state index in [9.17, 15) is 5.26 Å². The number of benzene rings is 1. The number of rotatable bonds is 6. The van der Waals surface area contributed by atoms with Gasteiger partial charge in [-0.2, -0.15) is 4.89 Å². The van der Waals surface area contributed by atoms with Gasteiger partial charge in [-0.1, -0.05) is 59.8 Å². The molecule has 0 fully saturated rings. The molecular weight excluding hydrogens is 304 g/mol. The first-order valence-corrected chi connectivity index (χ1v) is 8.23. The molecule has 1 aromatic rings. The van der Waals surface area contributed by atoms with Gasteiger partial charge in [0, 0.05) is 12.7 Å². The summed E-state index contributed by atoms with van der Waals surface area (Å²) in [5, 5.41) is 9.85. The molecule has 24 heavy (non-hydrogen) atoms. The van der Waals surface area contributed by atoms with Gasteiger partial charge in [-0.05, 0) is 35.0 Å². The molecule has 136 valence electrons. The van der Waals surface area contributed by atoms with Crippen molar-refractivity contribution >= 4 is 0 Å². The minimum absolute atomic E-state index is 0.111. The van der Waals surface area contributed by atoms with Gasteiger partial charge >= 0.3 is 0 Å². The van der Waals surface area contributed by atoms with Gasteiger partial charge in [-0.15, -0.1) is 0 Å². The van der Waals surface area contributed by atoms with Crippen LogP contribution in [0.5, 0.6) is 5.75 Å². The Kier molecular flexibility index (Phi) is 6.62. The highest BCUT2D eigenvalue weighted by molar-refractivity contribution is 5.38. The standard InChI is InChI=1S/C20H32O4/c1-18(2,3)13-12-17(19(4,5)6)20(23-8,24-21)15-10-9-11-16(14-15)22-7/h9-12,14,21H,13H2,1-8H3/b17-12-. The minimum Gasteiger partial charge on any atom is -0.497 e. The lowest BCUT2D eigenvalue weighted by Gasteiger charge is -2.39. The maximum absolute atomic E-state index is 9.85. The molecule has 0 aliphatic heterocycles. The number of hydrogen-bond acceptors (Lipinski definition) is 4. The topological polar surface area (TPSA) is 47.9 Å². The molecule has 0 bridgehead atoms. The first-order valence-electron chi connectivity index (χ1n) is 8.23. The fourth-order valence-electron chi connectivity index (χ4n) is 2.69. The summed E-state index contributed by atoms with van der Waals surface area (Å²) in [4.78, 5) is 4.98. The molecule has 4 heteroatoms. The van der Waals surface area contributed by atoms with Crippen molar-refractivity contribution in [2.24, 2.45) is 10.8 Å². The largest absolute Gasteiger partial charge is 0.497 e. The second kappa shape index (κ2) is 7.68. The Morgan fingerprint density at radius 3 is 2.12 bits per heavy atom. The maximum Gasteiger partial charge on any atom is 0.250 e. The van der Waals surface area contributed by atoms with E-state index in [-0.39, 0.29) is 10.8 Å². The third-order valence-corrected chi connectivity index (χ3v) is 3.95. The predicted octanol–water partition coefficient (Wildman–Crippen LogP) is 5.39. The molecular formula is C20H32O4. The van der Waals surface area contributed by atoms with Crippen LogP contribution in [0.25, 0.3) is 0 Å². The first kappa shape index (κ1) is 20.7. The van der Waals surface area contributed by atoms with E-state index >= 15 is 0 Å². The van der Waals surface area contributed by atoms with Crippen LogP contribution in [-0.2, 0) is 15.4 Å². The van der Waals surface area contributed by atoms with Crippen LogP contribution in [0.15, 0.2) is 35.9 Å². The van der Waals surface area contributed by atoms with Crippen LogP contribution in [-0.4, -0.2) is 19.5 Å². The molecule has 1 aromatic carbocycles. The molecule has 0 aliphatic carbocycles. The molecule has 1 rings (SSSR count). The molecule has 0 spiro atoms. The zero-order chi connectivity index (χ0) is 18.6. The molecule has 0 amide bonds. The zero-order valence-corrected chi connectivity index (χ0v) is 16.3. The van der Waals surface area contributed by atoms with Crippen LogP contribution >= 0.6 is 0 Å². The van der Waals surface area contributed by atoms with Gasteiger partial charge < -0.3 is 9.47 Å². The molecule has 0 aliphatic rings. The zero-order valence-electron chi connectivity index (χ0n) is 16.3.